The normalized spacial score (nSPS) is 21.2. The monoisotopic (exact) mass is 275 g/mol. The maximum Gasteiger partial charge on any atom is 0.133 e. The molecule has 1 aliphatic rings. The molecule has 2 unspecified atom stereocenters. The lowest BCUT2D eigenvalue weighted by Crippen LogP contribution is -2.24. The van der Waals surface area contributed by atoms with Crippen LogP contribution >= 0.6 is 0 Å². The smallest absolute Gasteiger partial charge is 0.133 e. The Kier molecular flexibility index (Phi) is 3.18. The highest BCUT2D eigenvalue weighted by atomic mass is 19.1. The zero-order valence-electron chi connectivity index (χ0n) is 11.1. The molecule has 4 heteroatoms. The molecule has 0 bridgehead atoms. The average molecular weight is 275 g/mol. The second-order valence-corrected chi connectivity index (χ2v) is 5.16. The van der Waals surface area contributed by atoms with Gasteiger partial charge >= 0.3 is 0 Å². The zero-order valence-corrected chi connectivity index (χ0v) is 11.1. The van der Waals surface area contributed by atoms with Crippen molar-refractivity contribution in [1.82, 2.24) is 0 Å². The molecule has 2 nitrogen and oxygen atoms in total. The number of hydrogen-bond donors (Lipinski definition) is 1. The summed E-state index contributed by atoms with van der Waals surface area (Å²) in [5.74, 6) is -0.525. The molecule has 104 valence electrons. The van der Waals surface area contributed by atoms with E-state index in [2.05, 4.69) is 0 Å². The molecule has 1 aliphatic heterocycles. The minimum absolute atomic E-state index is 0.215. The van der Waals surface area contributed by atoms with Crippen molar-refractivity contribution in [3.8, 4) is 5.75 Å². The van der Waals surface area contributed by atoms with Crippen LogP contribution in [0.3, 0.4) is 0 Å². The van der Waals surface area contributed by atoms with E-state index in [0.29, 0.717) is 17.7 Å². The van der Waals surface area contributed by atoms with Crippen LogP contribution in [0.2, 0.25) is 0 Å². The molecule has 2 aromatic rings. The Bertz CT molecular complexity index is 657. The van der Waals surface area contributed by atoms with E-state index in [1.54, 1.807) is 0 Å². The van der Waals surface area contributed by atoms with E-state index in [1.165, 1.54) is 12.1 Å². The third-order valence-corrected chi connectivity index (χ3v) is 3.61. The van der Waals surface area contributed by atoms with Gasteiger partial charge in [0.05, 0.1) is 0 Å². The lowest BCUT2D eigenvalue weighted by Gasteiger charge is -2.31. The Morgan fingerprint density at radius 3 is 2.65 bits per heavy atom. The molecule has 0 aromatic heterocycles. The number of aryl methyl sites for hydroxylation is 1. The van der Waals surface area contributed by atoms with Crippen molar-refractivity contribution < 1.29 is 13.5 Å². The van der Waals surface area contributed by atoms with Crippen molar-refractivity contribution in [2.75, 3.05) is 0 Å². The minimum atomic E-state index is -0.599. The first-order valence-electron chi connectivity index (χ1n) is 6.52. The third kappa shape index (κ3) is 2.27. The van der Waals surface area contributed by atoms with E-state index in [1.807, 2.05) is 25.1 Å². The van der Waals surface area contributed by atoms with Gasteiger partial charge in [0.2, 0.25) is 0 Å². The van der Waals surface area contributed by atoms with Gasteiger partial charge in [-0.2, -0.15) is 0 Å². The molecule has 0 fully saturated rings. The van der Waals surface area contributed by atoms with Crippen LogP contribution < -0.4 is 10.5 Å². The van der Waals surface area contributed by atoms with E-state index in [9.17, 15) is 8.78 Å². The predicted molar refractivity (Wildman–Crippen MR) is 72.5 cm³/mol. The molecule has 2 atom stereocenters. The lowest BCUT2D eigenvalue weighted by molar-refractivity contribution is 0.157. The molecule has 20 heavy (non-hydrogen) atoms. The van der Waals surface area contributed by atoms with Gasteiger partial charge in [0.1, 0.15) is 23.5 Å². The minimum Gasteiger partial charge on any atom is -0.485 e. The first kappa shape index (κ1) is 13.1. The van der Waals surface area contributed by atoms with Crippen LogP contribution in [0.25, 0.3) is 0 Å². The van der Waals surface area contributed by atoms with E-state index >= 15 is 0 Å². The highest BCUT2D eigenvalue weighted by Crippen LogP contribution is 2.40. The summed E-state index contributed by atoms with van der Waals surface area (Å²) in [6, 6.07) is 9.06. The fourth-order valence-electron chi connectivity index (χ4n) is 2.58. The van der Waals surface area contributed by atoms with Crippen LogP contribution in [0.5, 0.6) is 5.75 Å². The van der Waals surface area contributed by atoms with Crippen molar-refractivity contribution >= 4 is 0 Å². The van der Waals surface area contributed by atoms with Crippen LogP contribution in [-0.2, 0) is 0 Å². The summed E-state index contributed by atoms with van der Waals surface area (Å²) in [7, 11) is 0. The number of halogens is 2. The topological polar surface area (TPSA) is 35.2 Å². The first-order chi connectivity index (χ1) is 9.54. The highest BCUT2D eigenvalue weighted by molar-refractivity contribution is 5.41. The van der Waals surface area contributed by atoms with Crippen LogP contribution in [0.1, 0.15) is 35.3 Å². The van der Waals surface area contributed by atoms with Gasteiger partial charge in [-0.1, -0.05) is 17.7 Å². The fraction of sp³-hybridized carbons (Fsp3) is 0.250. The van der Waals surface area contributed by atoms with Crippen molar-refractivity contribution in [2.45, 2.75) is 25.5 Å². The second kappa shape index (κ2) is 4.87. The first-order valence-corrected chi connectivity index (χ1v) is 6.52. The molecule has 0 saturated carbocycles. The molecule has 0 amide bonds. The molecule has 2 N–H and O–H groups in total. The van der Waals surface area contributed by atoms with Crippen molar-refractivity contribution in [3.05, 3.63) is 64.7 Å². The largest absolute Gasteiger partial charge is 0.485 e. The van der Waals surface area contributed by atoms with Gasteiger partial charge in [-0.15, -0.1) is 0 Å². The lowest BCUT2D eigenvalue weighted by atomic mass is 9.92. The molecule has 3 rings (SSSR count). The van der Waals surface area contributed by atoms with E-state index in [-0.39, 0.29) is 6.04 Å². The van der Waals surface area contributed by atoms with Crippen molar-refractivity contribution in [2.24, 2.45) is 5.73 Å². The Labute approximate surface area is 116 Å². The number of rotatable bonds is 1. The highest BCUT2D eigenvalue weighted by Gasteiger charge is 2.28. The Balaban J connectivity index is 1.97. The maximum absolute atomic E-state index is 13.8. The molecule has 0 spiro atoms. The Morgan fingerprint density at radius 1 is 1.10 bits per heavy atom. The summed E-state index contributed by atoms with van der Waals surface area (Å²) in [6.07, 6.45) is -0.0141. The summed E-state index contributed by atoms with van der Waals surface area (Å²) in [4.78, 5) is 0. The summed E-state index contributed by atoms with van der Waals surface area (Å²) in [5.41, 5.74) is 8.53. The SMILES string of the molecule is Cc1ccc2c(c1)C(N)CC(c1ccc(F)cc1F)O2. The van der Waals surface area contributed by atoms with Crippen molar-refractivity contribution in [3.63, 3.8) is 0 Å². The summed E-state index contributed by atoms with van der Waals surface area (Å²) in [6.45, 7) is 1.98. The zero-order chi connectivity index (χ0) is 14.3. The quantitative estimate of drug-likeness (QED) is 0.859. The van der Waals surface area contributed by atoms with Gasteiger partial charge in [-0.3, -0.25) is 0 Å². The van der Waals surface area contributed by atoms with Crippen LogP contribution in [0.4, 0.5) is 8.78 Å². The molecule has 0 radical (unpaired) electrons. The number of fused-ring (bicyclic) bond motifs is 1. The summed E-state index contributed by atoms with van der Waals surface area (Å²) < 4.78 is 32.6. The van der Waals surface area contributed by atoms with Crippen LogP contribution in [-0.4, -0.2) is 0 Å². The standard InChI is InChI=1S/C16H15F2NO/c1-9-2-5-15-12(6-9)14(19)8-16(20-15)11-4-3-10(17)7-13(11)18/h2-7,14,16H,8,19H2,1H3. The molecule has 2 aromatic carbocycles. The van der Waals surface area contributed by atoms with Crippen LogP contribution in [0.15, 0.2) is 36.4 Å². The Morgan fingerprint density at radius 2 is 1.90 bits per heavy atom. The van der Waals surface area contributed by atoms with Gasteiger partial charge in [0, 0.05) is 29.7 Å². The number of ether oxygens (including phenoxy) is 1. The van der Waals surface area contributed by atoms with Gasteiger partial charge in [-0.05, 0) is 25.1 Å². The van der Waals surface area contributed by atoms with Gasteiger partial charge in [-0.25, -0.2) is 8.78 Å². The van der Waals surface area contributed by atoms with Crippen LogP contribution in [0, 0.1) is 18.6 Å². The average Bonchev–Trinajstić information content (AvgIpc) is 2.39. The summed E-state index contributed by atoms with van der Waals surface area (Å²) in [5, 5.41) is 0. The Hall–Kier alpha value is -1.94. The molecule has 1 heterocycles. The molecular formula is C16H15F2NO. The second-order valence-electron chi connectivity index (χ2n) is 5.16. The predicted octanol–water partition coefficient (Wildman–Crippen LogP) is 3.80. The van der Waals surface area contributed by atoms with Gasteiger partial charge in [0.15, 0.2) is 0 Å². The number of nitrogens with two attached hydrogens (primary N) is 1. The number of benzene rings is 2. The van der Waals surface area contributed by atoms with Crippen molar-refractivity contribution in [1.29, 1.82) is 0 Å². The summed E-state index contributed by atoms with van der Waals surface area (Å²) >= 11 is 0. The maximum atomic E-state index is 13.8. The third-order valence-electron chi connectivity index (χ3n) is 3.61. The molecular weight excluding hydrogens is 260 g/mol. The van der Waals surface area contributed by atoms with E-state index < -0.39 is 17.7 Å². The number of hydrogen-bond acceptors (Lipinski definition) is 2. The molecule has 0 saturated heterocycles. The van der Waals surface area contributed by atoms with E-state index in [0.717, 1.165) is 17.2 Å². The fourth-order valence-corrected chi connectivity index (χ4v) is 2.58. The van der Waals surface area contributed by atoms with E-state index in [4.69, 9.17) is 10.5 Å². The van der Waals surface area contributed by atoms with Gasteiger partial charge in [0.25, 0.3) is 0 Å². The van der Waals surface area contributed by atoms with Gasteiger partial charge < -0.3 is 10.5 Å². The molecule has 0 aliphatic carbocycles.